The van der Waals surface area contributed by atoms with E-state index < -0.39 is 11.8 Å². The molecule has 164 valence electrons. The van der Waals surface area contributed by atoms with Crippen molar-refractivity contribution in [2.75, 3.05) is 5.01 Å². The van der Waals surface area contributed by atoms with E-state index in [0.29, 0.717) is 28.3 Å². The number of hydrogen-bond donors (Lipinski definition) is 0. The monoisotopic (exact) mass is 435 g/mol. The Labute approximate surface area is 192 Å². The van der Waals surface area contributed by atoms with E-state index in [1.54, 1.807) is 0 Å². The van der Waals surface area contributed by atoms with Gasteiger partial charge in [-0.1, -0.05) is 66.7 Å². The van der Waals surface area contributed by atoms with Gasteiger partial charge in [0.05, 0.1) is 23.0 Å². The summed E-state index contributed by atoms with van der Waals surface area (Å²) in [5.41, 5.74) is 4.08. The zero-order chi connectivity index (χ0) is 22.9. The lowest BCUT2D eigenvalue weighted by atomic mass is 9.78. The number of hydrazone groups is 1. The van der Waals surface area contributed by atoms with Crippen molar-refractivity contribution in [1.29, 1.82) is 0 Å². The standard InChI is InChI=1S/C27H24N4O2/c1-18-23(26(32)30(28-18)21-14-8-4-9-15-21)25(20-12-6-3-7-13-20)24-19(2)29-31(27(24)33)22-16-10-5-11-17-22/h3-17,23,25,33H,1-2H3/p-1. The van der Waals surface area contributed by atoms with E-state index in [0.717, 1.165) is 5.56 Å². The van der Waals surface area contributed by atoms with Crippen LogP contribution in [-0.2, 0) is 4.79 Å². The van der Waals surface area contributed by atoms with Gasteiger partial charge in [-0.25, -0.2) is 9.69 Å². The average Bonchev–Trinajstić information content (AvgIpc) is 3.31. The van der Waals surface area contributed by atoms with Crippen LogP contribution in [0.5, 0.6) is 5.88 Å². The Hall–Kier alpha value is -4.19. The Morgan fingerprint density at radius 3 is 1.97 bits per heavy atom. The molecule has 4 aromatic rings. The topological polar surface area (TPSA) is 73.5 Å². The minimum absolute atomic E-state index is 0.154. The highest BCUT2D eigenvalue weighted by Gasteiger charge is 2.42. The van der Waals surface area contributed by atoms with Gasteiger partial charge in [0.2, 0.25) is 0 Å². The SMILES string of the molecule is CC1=NN(c2ccccc2)C(=O)C1C(c1ccccc1)c1c(C)nn(-c2ccccc2)c1[O-]. The molecule has 0 radical (unpaired) electrons. The fraction of sp³-hybridized carbons (Fsp3) is 0.148. The van der Waals surface area contributed by atoms with Gasteiger partial charge in [0.15, 0.2) is 0 Å². The third-order valence-corrected chi connectivity index (χ3v) is 6.05. The van der Waals surface area contributed by atoms with Gasteiger partial charge in [0.25, 0.3) is 5.91 Å². The zero-order valence-corrected chi connectivity index (χ0v) is 18.4. The summed E-state index contributed by atoms with van der Waals surface area (Å²) in [4.78, 5) is 13.7. The van der Waals surface area contributed by atoms with Crippen LogP contribution in [0.4, 0.5) is 5.69 Å². The lowest BCUT2D eigenvalue weighted by molar-refractivity contribution is -0.279. The molecule has 0 aliphatic carbocycles. The summed E-state index contributed by atoms with van der Waals surface area (Å²) in [6.07, 6.45) is 0. The molecule has 0 bridgehead atoms. The van der Waals surface area contributed by atoms with Crippen LogP contribution < -0.4 is 10.1 Å². The van der Waals surface area contributed by atoms with Crippen molar-refractivity contribution in [1.82, 2.24) is 9.78 Å². The van der Waals surface area contributed by atoms with E-state index in [1.165, 1.54) is 9.69 Å². The van der Waals surface area contributed by atoms with Gasteiger partial charge < -0.3 is 5.11 Å². The van der Waals surface area contributed by atoms with Crippen LogP contribution in [-0.4, -0.2) is 21.4 Å². The first-order valence-electron chi connectivity index (χ1n) is 10.9. The second-order valence-corrected chi connectivity index (χ2v) is 8.14. The number of para-hydroxylation sites is 2. The summed E-state index contributed by atoms with van der Waals surface area (Å²) in [5, 5.41) is 24.3. The third-order valence-electron chi connectivity index (χ3n) is 6.05. The maximum absolute atomic E-state index is 13.7. The van der Waals surface area contributed by atoms with E-state index in [-0.39, 0.29) is 11.8 Å². The highest BCUT2D eigenvalue weighted by Crippen LogP contribution is 2.42. The summed E-state index contributed by atoms with van der Waals surface area (Å²) < 4.78 is 1.42. The maximum Gasteiger partial charge on any atom is 0.257 e. The van der Waals surface area contributed by atoms with Crippen LogP contribution in [0.15, 0.2) is 96.1 Å². The summed E-state index contributed by atoms with van der Waals surface area (Å²) in [7, 11) is 0. The lowest BCUT2D eigenvalue weighted by Gasteiger charge is -2.27. The highest BCUT2D eigenvalue weighted by molar-refractivity contribution is 6.15. The molecule has 0 spiro atoms. The van der Waals surface area contributed by atoms with E-state index in [4.69, 9.17) is 0 Å². The molecule has 1 amide bonds. The number of rotatable bonds is 5. The molecule has 2 atom stereocenters. The van der Waals surface area contributed by atoms with Gasteiger partial charge in [0.1, 0.15) is 0 Å². The number of amides is 1. The molecule has 33 heavy (non-hydrogen) atoms. The highest BCUT2D eigenvalue weighted by atomic mass is 16.3. The fourth-order valence-electron chi connectivity index (χ4n) is 4.52. The van der Waals surface area contributed by atoms with Crippen molar-refractivity contribution in [2.24, 2.45) is 11.0 Å². The Kier molecular flexibility index (Phi) is 5.26. The van der Waals surface area contributed by atoms with Crippen molar-refractivity contribution in [3.05, 3.63) is 108 Å². The molecule has 0 N–H and O–H groups in total. The summed E-state index contributed by atoms with van der Waals surface area (Å²) in [5.74, 6) is -1.47. The van der Waals surface area contributed by atoms with Crippen LogP contribution in [0.3, 0.4) is 0 Å². The molecule has 3 aromatic carbocycles. The summed E-state index contributed by atoms with van der Waals surface area (Å²) in [6, 6.07) is 28.4. The smallest absolute Gasteiger partial charge is 0.257 e. The van der Waals surface area contributed by atoms with Crippen molar-refractivity contribution >= 4 is 17.3 Å². The number of carbonyl (C=O) groups excluding carboxylic acids is 1. The molecule has 1 aromatic heterocycles. The first kappa shape index (κ1) is 20.7. The second kappa shape index (κ2) is 8.39. The normalized spacial score (nSPS) is 16.7. The average molecular weight is 436 g/mol. The van der Waals surface area contributed by atoms with Crippen LogP contribution in [0.1, 0.15) is 29.7 Å². The van der Waals surface area contributed by atoms with Crippen LogP contribution >= 0.6 is 0 Å². The van der Waals surface area contributed by atoms with Crippen LogP contribution in [0.2, 0.25) is 0 Å². The molecule has 6 heteroatoms. The van der Waals surface area contributed by atoms with Gasteiger partial charge in [-0.15, -0.1) is 0 Å². The predicted octanol–water partition coefficient (Wildman–Crippen LogP) is 4.43. The lowest BCUT2D eigenvalue weighted by Crippen LogP contribution is -2.32. The second-order valence-electron chi connectivity index (χ2n) is 8.14. The first-order chi connectivity index (χ1) is 16.1. The Balaban J connectivity index is 1.65. The summed E-state index contributed by atoms with van der Waals surface area (Å²) in [6.45, 7) is 3.68. The minimum Gasteiger partial charge on any atom is -0.858 e. The molecule has 1 aliphatic rings. The van der Waals surface area contributed by atoms with Crippen molar-refractivity contribution < 1.29 is 9.90 Å². The van der Waals surface area contributed by atoms with Crippen molar-refractivity contribution in [3.63, 3.8) is 0 Å². The molecule has 6 nitrogen and oxygen atoms in total. The Bertz CT molecular complexity index is 1310. The number of aromatic nitrogens is 2. The number of hydrogen-bond acceptors (Lipinski definition) is 4. The van der Waals surface area contributed by atoms with Crippen LogP contribution in [0, 0.1) is 12.8 Å². The Morgan fingerprint density at radius 2 is 1.36 bits per heavy atom. The van der Waals surface area contributed by atoms with E-state index in [2.05, 4.69) is 10.2 Å². The van der Waals surface area contributed by atoms with E-state index in [1.807, 2.05) is 105 Å². The molecule has 0 fully saturated rings. The Morgan fingerprint density at radius 1 is 0.818 bits per heavy atom. The largest absolute Gasteiger partial charge is 0.858 e. The molecule has 2 heterocycles. The molecule has 5 rings (SSSR count). The maximum atomic E-state index is 13.7. The fourth-order valence-corrected chi connectivity index (χ4v) is 4.52. The van der Waals surface area contributed by atoms with Crippen molar-refractivity contribution in [3.8, 4) is 11.6 Å². The van der Waals surface area contributed by atoms with Gasteiger partial charge in [-0.3, -0.25) is 4.79 Å². The zero-order valence-electron chi connectivity index (χ0n) is 18.4. The van der Waals surface area contributed by atoms with Gasteiger partial charge >= 0.3 is 0 Å². The molecule has 0 saturated heterocycles. The molecule has 1 aliphatic heterocycles. The van der Waals surface area contributed by atoms with Crippen LogP contribution in [0.25, 0.3) is 5.69 Å². The van der Waals surface area contributed by atoms with E-state index >= 15 is 0 Å². The van der Waals surface area contributed by atoms with Gasteiger partial charge in [-0.2, -0.15) is 10.2 Å². The molecular weight excluding hydrogens is 412 g/mol. The molecule has 0 saturated carbocycles. The number of carbonyl (C=O) groups is 1. The van der Waals surface area contributed by atoms with Gasteiger partial charge in [-0.05, 0) is 55.1 Å². The van der Waals surface area contributed by atoms with E-state index in [9.17, 15) is 9.90 Å². The van der Waals surface area contributed by atoms with Gasteiger partial charge in [0, 0.05) is 11.6 Å². The molecular formula is C27H23N4O2-. The quantitative estimate of drug-likeness (QED) is 0.466. The number of anilines is 1. The molecule has 2 unspecified atom stereocenters. The first-order valence-corrected chi connectivity index (χ1v) is 10.9. The number of nitrogens with zero attached hydrogens (tertiary/aromatic N) is 4. The summed E-state index contributed by atoms with van der Waals surface area (Å²) >= 11 is 0. The number of aryl methyl sites for hydroxylation is 1. The third kappa shape index (κ3) is 3.59. The number of benzene rings is 3. The minimum atomic E-state index is -0.604. The van der Waals surface area contributed by atoms with Crippen molar-refractivity contribution in [2.45, 2.75) is 19.8 Å². The predicted molar refractivity (Wildman–Crippen MR) is 127 cm³/mol.